The average molecular weight is 383 g/mol. The van der Waals surface area contributed by atoms with E-state index in [2.05, 4.69) is 55.0 Å². The second kappa shape index (κ2) is 8.09. The smallest absolute Gasteiger partial charge is 0.223 e. The molecular formula is C22H23FN2OS. The molecule has 1 aromatic heterocycles. The van der Waals surface area contributed by atoms with Crippen LogP contribution in [0.5, 0.6) is 11.6 Å². The molecular weight excluding hydrogens is 359 g/mol. The molecule has 5 heteroatoms. The van der Waals surface area contributed by atoms with Gasteiger partial charge < -0.3 is 4.74 Å². The molecule has 0 atom stereocenters. The molecule has 3 aromatic rings. The predicted octanol–water partition coefficient (Wildman–Crippen LogP) is 6.31. The summed E-state index contributed by atoms with van der Waals surface area (Å²) >= 11 is 1.57. The van der Waals surface area contributed by atoms with Gasteiger partial charge in [-0.25, -0.2) is 9.37 Å². The van der Waals surface area contributed by atoms with E-state index >= 15 is 0 Å². The zero-order valence-electron chi connectivity index (χ0n) is 16.0. The van der Waals surface area contributed by atoms with E-state index < -0.39 is 0 Å². The minimum Gasteiger partial charge on any atom is -0.439 e. The Kier molecular flexibility index (Phi) is 5.80. The van der Waals surface area contributed by atoms with Gasteiger partial charge in [-0.05, 0) is 47.7 Å². The quantitative estimate of drug-likeness (QED) is 0.383. The first kappa shape index (κ1) is 19.4. The van der Waals surface area contributed by atoms with Gasteiger partial charge in [0.05, 0.1) is 0 Å². The summed E-state index contributed by atoms with van der Waals surface area (Å²) in [6.45, 7) is 8.53. The maximum atomic E-state index is 13.0. The van der Waals surface area contributed by atoms with Crippen molar-refractivity contribution in [2.24, 2.45) is 0 Å². The van der Waals surface area contributed by atoms with Gasteiger partial charge in [-0.3, -0.25) is 0 Å². The fourth-order valence-electron chi connectivity index (χ4n) is 2.50. The number of aromatic nitrogens is 2. The third kappa shape index (κ3) is 5.54. The number of ether oxygens (including phenoxy) is 1. The first-order valence-electron chi connectivity index (χ1n) is 8.81. The van der Waals surface area contributed by atoms with Crippen molar-refractivity contribution in [3.8, 4) is 11.6 Å². The minimum atomic E-state index is -0.296. The molecule has 2 aromatic carbocycles. The standard InChI is InChI=1S/C22H23FN2OS/c1-15-13-20(26-19-11-9-18(23)10-12-19)25-21(24-15)27-14-16-5-7-17(8-6-16)22(2,3)4/h5-13H,14H2,1-4H3. The Balaban J connectivity index is 1.68. The Morgan fingerprint density at radius 2 is 1.63 bits per heavy atom. The Hall–Kier alpha value is -2.40. The number of halogens is 1. The van der Waals surface area contributed by atoms with Gasteiger partial charge in [0.1, 0.15) is 11.6 Å². The van der Waals surface area contributed by atoms with Gasteiger partial charge in [0.2, 0.25) is 5.88 Å². The third-order valence-electron chi connectivity index (χ3n) is 4.03. The molecule has 0 aliphatic rings. The largest absolute Gasteiger partial charge is 0.439 e. The predicted molar refractivity (Wildman–Crippen MR) is 108 cm³/mol. The lowest BCUT2D eigenvalue weighted by atomic mass is 9.87. The van der Waals surface area contributed by atoms with E-state index in [1.807, 2.05) is 6.92 Å². The molecule has 3 rings (SSSR count). The fraction of sp³-hybridized carbons (Fsp3) is 0.273. The molecule has 0 spiro atoms. The molecule has 0 saturated carbocycles. The van der Waals surface area contributed by atoms with Crippen LogP contribution in [0.2, 0.25) is 0 Å². The van der Waals surface area contributed by atoms with Gasteiger partial charge in [0.25, 0.3) is 0 Å². The van der Waals surface area contributed by atoms with Crippen molar-refractivity contribution in [1.29, 1.82) is 0 Å². The van der Waals surface area contributed by atoms with Gasteiger partial charge in [0, 0.05) is 17.5 Å². The summed E-state index contributed by atoms with van der Waals surface area (Å²) in [5.41, 5.74) is 3.52. The summed E-state index contributed by atoms with van der Waals surface area (Å²) in [4.78, 5) is 8.93. The SMILES string of the molecule is Cc1cc(Oc2ccc(F)cc2)nc(SCc2ccc(C(C)(C)C)cc2)n1. The van der Waals surface area contributed by atoms with Crippen LogP contribution in [0.4, 0.5) is 4.39 Å². The summed E-state index contributed by atoms with van der Waals surface area (Å²) in [6, 6.07) is 16.3. The summed E-state index contributed by atoms with van der Waals surface area (Å²) in [5, 5.41) is 0.659. The highest BCUT2D eigenvalue weighted by atomic mass is 32.2. The molecule has 0 unspecified atom stereocenters. The molecule has 0 saturated heterocycles. The van der Waals surface area contributed by atoms with Gasteiger partial charge in [-0.1, -0.05) is 56.8 Å². The molecule has 0 N–H and O–H groups in total. The molecule has 0 radical (unpaired) electrons. The van der Waals surface area contributed by atoms with Gasteiger partial charge in [0.15, 0.2) is 5.16 Å². The highest BCUT2D eigenvalue weighted by molar-refractivity contribution is 7.98. The van der Waals surface area contributed by atoms with E-state index in [4.69, 9.17) is 4.74 Å². The molecule has 0 bridgehead atoms. The number of hydrogen-bond acceptors (Lipinski definition) is 4. The average Bonchev–Trinajstić information content (AvgIpc) is 2.61. The number of aryl methyl sites for hydroxylation is 1. The maximum Gasteiger partial charge on any atom is 0.223 e. The van der Waals surface area contributed by atoms with Crippen LogP contribution >= 0.6 is 11.8 Å². The van der Waals surface area contributed by atoms with Crippen molar-refractivity contribution in [1.82, 2.24) is 9.97 Å². The lowest BCUT2D eigenvalue weighted by Gasteiger charge is -2.19. The second-order valence-electron chi connectivity index (χ2n) is 7.42. The minimum absolute atomic E-state index is 0.151. The summed E-state index contributed by atoms with van der Waals surface area (Å²) in [5.74, 6) is 1.49. The topological polar surface area (TPSA) is 35.0 Å². The Morgan fingerprint density at radius 3 is 2.26 bits per heavy atom. The van der Waals surface area contributed by atoms with E-state index in [-0.39, 0.29) is 11.2 Å². The van der Waals surface area contributed by atoms with Crippen molar-refractivity contribution < 1.29 is 9.13 Å². The van der Waals surface area contributed by atoms with Crippen molar-refractivity contribution in [2.45, 2.75) is 44.0 Å². The van der Waals surface area contributed by atoms with Crippen LogP contribution in [-0.4, -0.2) is 9.97 Å². The van der Waals surface area contributed by atoms with Crippen molar-refractivity contribution in [3.63, 3.8) is 0 Å². The van der Waals surface area contributed by atoms with Crippen LogP contribution in [0.25, 0.3) is 0 Å². The van der Waals surface area contributed by atoms with Crippen LogP contribution in [-0.2, 0) is 11.2 Å². The van der Waals surface area contributed by atoms with E-state index in [1.54, 1.807) is 30.0 Å². The number of rotatable bonds is 5. The molecule has 0 aliphatic carbocycles. The van der Waals surface area contributed by atoms with Crippen LogP contribution in [0, 0.1) is 12.7 Å². The highest BCUT2D eigenvalue weighted by Crippen LogP contribution is 2.27. The van der Waals surface area contributed by atoms with E-state index in [0.29, 0.717) is 16.8 Å². The zero-order chi connectivity index (χ0) is 19.4. The van der Waals surface area contributed by atoms with Crippen LogP contribution in [0.3, 0.4) is 0 Å². The number of hydrogen-bond donors (Lipinski definition) is 0. The molecule has 1 heterocycles. The normalized spacial score (nSPS) is 11.4. The zero-order valence-corrected chi connectivity index (χ0v) is 16.8. The lowest BCUT2D eigenvalue weighted by Crippen LogP contribution is -2.10. The monoisotopic (exact) mass is 382 g/mol. The van der Waals surface area contributed by atoms with Crippen molar-refractivity contribution >= 4 is 11.8 Å². The Labute approximate surface area is 164 Å². The molecule has 0 aliphatic heterocycles. The third-order valence-corrected chi connectivity index (χ3v) is 4.95. The van der Waals surface area contributed by atoms with E-state index in [9.17, 15) is 4.39 Å². The van der Waals surface area contributed by atoms with E-state index in [1.165, 1.54) is 23.3 Å². The van der Waals surface area contributed by atoms with Crippen LogP contribution < -0.4 is 4.74 Å². The van der Waals surface area contributed by atoms with Gasteiger partial charge >= 0.3 is 0 Å². The Bertz CT molecular complexity index is 903. The van der Waals surface area contributed by atoms with Gasteiger partial charge in [-0.15, -0.1) is 0 Å². The van der Waals surface area contributed by atoms with Crippen LogP contribution in [0.1, 0.15) is 37.6 Å². The summed E-state index contributed by atoms with van der Waals surface area (Å²) in [6.07, 6.45) is 0. The maximum absolute atomic E-state index is 13.0. The second-order valence-corrected chi connectivity index (χ2v) is 8.36. The van der Waals surface area contributed by atoms with Crippen molar-refractivity contribution in [2.75, 3.05) is 0 Å². The molecule has 0 amide bonds. The van der Waals surface area contributed by atoms with Gasteiger partial charge in [-0.2, -0.15) is 4.98 Å². The molecule has 27 heavy (non-hydrogen) atoms. The summed E-state index contributed by atoms with van der Waals surface area (Å²) < 4.78 is 18.7. The fourth-order valence-corrected chi connectivity index (χ4v) is 3.35. The van der Waals surface area contributed by atoms with E-state index in [0.717, 1.165) is 11.4 Å². The molecule has 140 valence electrons. The summed E-state index contributed by atoms with van der Waals surface area (Å²) in [7, 11) is 0. The first-order valence-corrected chi connectivity index (χ1v) is 9.79. The molecule has 0 fully saturated rings. The lowest BCUT2D eigenvalue weighted by molar-refractivity contribution is 0.453. The highest BCUT2D eigenvalue weighted by Gasteiger charge is 2.13. The number of nitrogens with zero attached hydrogens (tertiary/aromatic N) is 2. The van der Waals surface area contributed by atoms with Crippen LogP contribution in [0.15, 0.2) is 59.8 Å². The number of benzene rings is 2. The number of thioether (sulfide) groups is 1. The molecule has 3 nitrogen and oxygen atoms in total. The first-order chi connectivity index (χ1) is 12.8. The Morgan fingerprint density at radius 1 is 0.963 bits per heavy atom. The van der Waals surface area contributed by atoms with Crippen molar-refractivity contribution in [3.05, 3.63) is 77.2 Å².